The molecule has 0 bridgehead atoms. The Morgan fingerprint density at radius 1 is 1.03 bits per heavy atom. The molecule has 0 spiro atoms. The SMILES string of the molecule is C=C(C)C(=O)OCOc1ccc(C(=O)OC2CCC(C3CCC(CCC)CC3)CC2)cc1CO. The summed E-state index contributed by atoms with van der Waals surface area (Å²) in [6, 6.07) is 4.76. The molecule has 34 heavy (non-hydrogen) atoms. The summed E-state index contributed by atoms with van der Waals surface area (Å²) in [5, 5.41) is 9.69. The van der Waals surface area contributed by atoms with Crippen LogP contribution in [0.15, 0.2) is 30.4 Å². The first-order valence-electron chi connectivity index (χ1n) is 12.8. The lowest BCUT2D eigenvalue weighted by Crippen LogP contribution is -2.29. The summed E-state index contributed by atoms with van der Waals surface area (Å²) in [6.07, 6.45) is 12.3. The van der Waals surface area contributed by atoms with E-state index in [0.717, 1.165) is 43.4 Å². The van der Waals surface area contributed by atoms with Gasteiger partial charge in [0.2, 0.25) is 6.79 Å². The number of hydrogen-bond acceptors (Lipinski definition) is 6. The van der Waals surface area contributed by atoms with E-state index < -0.39 is 5.97 Å². The van der Waals surface area contributed by atoms with E-state index in [9.17, 15) is 14.7 Å². The standard InChI is InChI=1S/C28H40O6/c1-4-5-20-6-8-21(9-7-20)22-10-13-25(14-11-22)34-28(31)23-12-15-26(24(16-23)17-29)32-18-33-27(30)19(2)3/h12,15-16,20-22,25,29H,2,4-11,13-14,17-18H2,1,3H3. The van der Waals surface area contributed by atoms with Crippen LogP contribution in [-0.2, 0) is 20.9 Å². The molecule has 0 aromatic heterocycles. The molecule has 6 heteroatoms. The predicted molar refractivity (Wildman–Crippen MR) is 130 cm³/mol. The van der Waals surface area contributed by atoms with Gasteiger partial charge in [0.05, 0.1) is 12.2 Å². The van der Waals surface area contributed by atoms with Crippen molar-refractivity contribution in [3.63, 3.8) is 0 Å². The van der Waals surface area contributed by atoms with Crippen molar-refractivity contribution in [3.05, 3.63) is 41.5 Å². The molecule has 0 aliphatic heterocycles. The molecule has 0 radical (unpaired) electrons. The molecule has 0 atom stereocenters. The van der Waals surface area contributed by atoms with Crippen LogP contribution in [0, 0.1) is 17.8 Å². The number of hydrogen-bond donors (Lipinski definition) is 1. The molecule has 2 saturated carbocycles. The average Bonchev–Trinajstić information content (AvgIpc) is 2.85. The van der Waals surface area contributed by atoms with E-state index in [1.807, 2.05) is 0 Å². The van der Waals surface area contributed by atoms with Gasteiger partial charge in [-0.15, -0.1) is 0 Å². The van der Waals surface area contributed by atoms with Gasteiger partial charge in [0.15, 0.2) is 0 Å². The van der Waals surface area contributed by atoms with Gasteiger partial charge in [-0.2, -0.15) is 0 Å². The molecule has 6 nitrogen and oxygen atoms in total. The summed E-state index contributed by atoms with van der Waals surface area (Å²) >= 11 is 0. The topological polar surface area (TPSA) is 82.1 Å². The second-order valence-electron chi connectivity index (χ2n) is 9.97. The Bertz CT molecular complexity index is 831. The Labute approximate surface area is 203 Å². The summed E-state index contributed by atoms with van der Waals surface area (Å²) in [7, 11) is 0. The van der Waals surface area contributed by atoms with Gasteiger partial charge in [-0.05, 0) is 81.4 Å². The van der Waals surface area contributed by atoms with E-state index in [-0.39, 0.29) is 31.0 Å². The minimum absolute atomic E-state index is 0.0461. The Hall–Kier alpha value is -2.34. The van der Waals surface area contributed by atoms with E-state index in [1.165, 1.54) is 38.5 Å². The summed E-state index contributed by atoms with van der Waals surface area (Å²) in [6.45, 7) is 6.73. The maximum absolute atomic E-state index is 12.7. The van der Waals surface area contributed by atoms with Crippen molar-refractivity contribution in [1.82, 2.24) is 0 Å². The Morgan fingerprint density at radius 2 is 1.68 bits per heavy atom. The zero-order chi connectivity index (χ0) is 24.5. The molecule has 0 amide bonds. The number of aliphatic hydroxyl groups is 1. The van der Waals surface area contributed by atoms with Crippen LogP contribution in [-0.4, -0.2) is 29.9 Å². The Morgan fingerprint density at radius 3 is 2.26 bits per heavy atom. The number of carbonyl (C=O) groups excluding carboxylic acids is 2. The van der Waals surface area contributed by atoms with Crippen molar-refractivity contribution in [1.29, 1.82) is 0 Å². The molecule has 2 fully saturated rings. The quantitative estimate of drug-likeness (QED) is 0.257. The number of rotatable bonds is 10. The van der Waals surface area contributed by atoms with Crippen LogP contribution in [0.1, 0.15) is 94.0 Å². The Kier molecular flexibility index (Phi) is 10.00. The molecule has 3 rings (SSSR count). The van der Waals surface area contributed by atoms with E-state index in [0.29, 0.717) is 16.9 Å². The predicted octanol–water partition coefficient (Wildman–Crippen LogP) is 5.96. The second kappa shape index (κ2) is 12.9. The van der Waals surface area contributed by atoms with Gasteiger partial charge in [-0.1, -0.05) is 39.2 Å². The first kappa shape index (κ1) is 26.3. The van der Waals surface area contributed by atoms with Crippen molar-refractivity contribution in [3.8, 4) is 5.75 Å². The highest BCUT2D eigenvalue weighted by Gasteiger charge is 2.32. The van der Waals surface area contributed by atoms with Crippen LogP contribution in [0.4, 0.5) is 0 Å². The molecule has 1 N–H and O–H groups in total. The fourth-order valence-corrected chi connectivity index (χ4v) is 5.49. The maximum Gasteiger partial charge on any atom is 0.338 e. The van der Waals surface area contributed by atoms with Crippen LogP contribution in [0.3, 0.4) is 0 Å². The first-order chi connectivity index (χ1) is 16.4. The van der Waals surface area contributed by atoms with Gasteiger partial charge in [-0.3, -0.25) is 0 Å². The third-order valence-corrected chi connectivity index (χ3v) is 7.47. The number of esters is 2. The normalized spacial score (nSPS) is 24.8. The van der Waals surface area contributed by atoms with Crippen LogP contribution in [0.5, 0.6) is 5.75 Å². The van der Waals surface area contributed by atoms with Crippen molar-refractivity contribution < 1.29 is 28.9 Å². The number of benzene rings is 1. The zero-order valence-electron chi connectivity index (χ0n) is 20.7. The monoisotopic (exact) mass is 472 g/mol. The third kappa shape index (κ3) is 7.33. The van der Waals surface area contributed by atoms with Crippen LogP contribution < -0.4 is 4.74 Å². The highest BCUT2D eigenvalue weighted by Crippen LogP contribution is 2.41. The van der Waals surface area contributed by atoms with Gasteiger partial charge in [-0.25, -0.2) is 9.59 Å². The van der Waals surface area contributed by atoms with Crippen LogP contribution in [0.25, 0.3) is 0 Å². The van der Waals surface area contributed by atoms with Crippen molar-refractivity contribution in [2.75, 3.05) is 6.79 Å². The Balaban J connectivity index is 1.45. The minimum atomic E-state index is -0.551. The second-order valence-corrected chi connectivity index (χ2v) is 9.97. The first-order valence-corrected chi connectivity index (χ1v) is 12.8. The highest BCUT2D eigenvalue weighted by atomic mass is 16.7. The summed E-state index contributed by atoms with van der Waals surface area (Å²) in [4.78, 5) is 24.2. The van der Waals surface area contributed by atoms with Crippen molar-refractivity contribution in [2.45, 2.75) is 90.8 Å². The smallest absolute Gasteiger partial charge is 0.338 e. The van der Waals surface area contributed by atoms with E-state index in [2.05, 4.69) is 13.5 Å². The van der Waals surface area contributed by atoms with E-state index in [4.69, 9.17) is 14.2 Å². The largest absolute Gasteiger partial charge is 0.459 e. The minimum Gasteiger partial charge on any atom is -0.459 e. The molecule has 2 aliphatic rings. The maximum atomic E-state index is 12.7. The third-order valence-electron chi connectivity index (χ3n) is 7.47. The van der Waals surface area contributed by atoms with Gasteiger partial charge < -0.3 is 19.3 Å². The lowest BCUT2D eigenvalue weighted by molar-refractivity contribution is -0.145. The van der Waals surface area contributed by atoms with E-state index >= 15 is 0 Å². The molecule has 2 aliphatic carbocycles. The summed E-state index contributed by atoms with van der Waals surface area (Å²) < 4.78 is 16.1. The highest BCUT2D eigenvalue weighted by molar-refractivity contribution is 5.90. The molecule has 0 unspecified atom stereocenters. The number of aliphatic hydroxyl groups excluding tert-OH is 1. The number of carbonyl (C=O) groups is 2. The lowest BCUT2D eigenvalue weighted by atomic mass is 9.70. The van der Waals surface area contributed by atoms with E-state index in [1.54, 1.807) is 25.1 Å². The molecule has 0 heterocycles. The summed E-state index contributed by atoms with van der Waals surface area (Å²) in [5.41, 5.74) is 1.09. The molecule has 188 valence electrons. The lowest BCUT2D eigenvalue weighted by Gasteiger charge is -2.37. The van der Waals surface area contributed by atoms with Gasteiger partial charge in [0.1, 0.15) is 11.9 Å². The van der Waals surface area contributed by atoms with Crippen LogP contribution >= 0.6 is 0 Å². The molecule has 1 aromatic rings. The average molecular weight is 473 g/mol. The summed E-state index contributed by atoms with van der Waals surface area (Å²) in [5.74, 6) is 1.98. The molecule has 1 aromatic carbocycles. The van der Waals surface area contributed by atoms with Gasteiger partial charge >= 0.3 is 11.9 Å². The zero-order valence-corrected chi connectivity index (χ0v) is 20.7. The fourth-order valence-electron chi connectivity index (χ4n) is 5.49. The fraction of sp³-hybridized carbons (Fsp3) is 0.643. The van der Waals surface area contributed by atoms with Crippen LogP contribution in [0.2, 0.25) is 0 Å². The van der Waals surface area contributed by atoms with Crippen molar-refractivity contribution in [2.24, 2.45) is 17.8 Å². The molecular formula is C28H40O6. The molecule has 0 saturated heterocycles. The van der Waals surface area contributed by atoms with Gasteiger partial charge in [0.25, 0.3) is 0 Å². The number of ether oxygens (including phenoxy) is 3. The van der Waals surface area contributed by atoms with Crippen molar-refractivity contribution >= 4 is 11.9 Å². The molecular weight excluding hydrogens is 432 g/mol. The van der Waals surface area contributed by atoms with Gasteiger partial charge in [0, 0.05) is 11.1 Å².